The molecule has 0 radical (unpaired) electrons. The lowest BCUT2D eigenvalue weighted by Crippen LogP contribution is -2.05. The molecule has 0 bridgehead atoms. The van der Waals surface area contributed by atoms with Crippen LogP contribution in [0.2, 0.25) is 0 Å². The molecule has 0 amide bonds. The summed E-state index contributed by atoms with van der Waals surface area (Å²) in [6.45, 7) is 0. The maximum atomic E-state index is 6.25. The van der Waals surface area contributed by atoms with Crippen molar-refractivity contribution >= 4 is 33.2 Å². The number of hydrogen-bond acceptors (Lipinski definition) is 0. The lowest BCUT2D eigenvalue weighted by molar-refractivity contribution is 1.35. The predicted octanol–water partition coefficient (Wildman–Crippen LogP) is 5.30. The van der Waals surface area contributed by atoms with Crippen molar-refractivity contribution in [2.75, 3.05) is 10.4 Å². The van der Waals surface area contributed by atoms with Crippen LogP contribution in [0.1, 0.15) is 0 Å². The van der Waals surface area contributed by atoms with Crippen LogP contribution < -0.4 is 0 Å². The molecule has 0 N–H and O–H groups in total. The second kappa shape index (κ2) is 5.81. The topological polar surface area (TPSA) is 0 Å². The summed E-state index contributed by atoms with van der Waals surface area (Å²) in [5.74, 6) is 0. The highest BCUT2D eigenvalue weighted by Gasteiger charge is 2.26. The normalized spacial score (nSPS) is 12.4. The number of hydrogen-bond donors (Lipinski definition) is 0. The van der Waals surface area contributed by atoms with Crippen LogP contribution in [-0.2, 0) is 0 Å². The molecule has 0 saturated carbocycles. The van der Waals surface area contributed by atoms with E-state index in [1.807, 2.05) is 36.4 Å². The highest BCUT2D eigenvalue weighted by Crippen LogP contribution is 2.63. The molecule has 2 rings (SSSR count). The van der Waals surface area contributed by atoms with Gasteiger partial charge in [0.05, 0.1) is 10.4 Å². The van der Waals surface area contributed by atoms with E-state index in [9.17, 15) is 0 Å². The number of alkyl halides is 2. The SMILES string of the molecule is ClCS(CCl)(c1ccccc1)c1ccccc1. The Bertz CT molecular complexity index is 411. The molecule has 0 nitrogen and oxygen atoms in total. The van der Waals surface area contributed by atoms with E-state index in [-0.39, 0.29) is 0 Å². The summed E-state index contributed by atoms with van der Waals surface area (Å²) < 4.78 is 0. The summed E-state index contributed by atoms with van der Waals surface area (Å²) in [5, 5.41) is 1.12. The Kier molecular flexibility index (Phi) is 4.38. The van der Waals surface area contributed by atoms with Crippen LogP contribution in [0.25, 0.3) is 0 Å². The highest BCUT2D eigenvalue weighted by molar-refractivity contribution is 8.35. The van der Waals surface area contributed by atoms with Gasteiger partial charge in [-0.25, -0.2) is 0 Å². The average molecular weight is 285 g/mol. The second-order valence-electron chi connectivity index (χ2n) is 3.73. The van der Waals surface area contributed by atoms with Gasteiger partial charge in [-0.2, -0.15) is 10.0 Å². The maximum Gasteiger partial charge on any atom is 0.0612 e. The Labute approximate surface area is 114 Å². The monoisotopic (exact) mass is 284 g/mol. The van der Waals surface area contributed by atoms with Crippen molar-refractivity contribution in [3.63, 3.8) is 0 Å². The van der Waals surface area contributed by atoms with Gasteiger partial charge in [0.2, 0.25) is 0 Å². The Balaban J connectivity index is 2.54. The minimum atomic E-state index is -1.30. The van der Waals surface area contributed by atoms with Gasteiger partial charge in [-0.3, -0.25) is 0 Å². The van der Waals surface area contributed by atoms with Crippen molar-refractivity contribution in [2.24, 2.45) is 0 Å². The Morgan fingerprint density at radius 1 is 0.647 bits per heavy atom. The zero-order valence-electron chi connectivity index (χ0n) is 9.35. The quantitative estimate of drug-likeness (QED) is 0.668. The van der Waals surface area contributed by atoms with Crippen LogP contribution in [0.15, 0.2) is 70.5 Å². The minimum Gasteiger partial charge on any atom is -0.160 e. The van der Waals surface area contributed by atoms with E-state index in [4.69, 9.17) is 23.2 Å². The number of benzene rings is 2. The first-order chi connectivity index (χ1) is 8.33. The first-order valence-electron chi connectivity index (χ1n) is 5.34. The third kappa shape index (κ3) is 2.47. The van der Waals surface area contributed by atoms with Gasteiger partial charge in [-0.15, -0.1) is 23.2 Å². The zero-order valence-corrected chi connectivity index (χ0v) is 11.7. The van der Waals surface area contributed by atoms with Crippen molar-refractivity contribution in [2.45, 2.75) is 9.79 Å². The van der Waals surface area contributed by atoms with Crippen LogP contribution in [0.5, 0.6) is 0 Å². The van der Waals surface area contributed by atoms with Crippen molar-refractivity contribution < 1.29 is 0 Å². The number of halogens is 2. The Morgan fingerprint density at radius 3 is 1.29 bits per heavy atom. The molecule has 0 fully saturated rings. The molecule has 0 aliphatic rings. The van der Waals surface area contributed by atoms with Crippen molar-refractivity contribution in [3.8, 4) is 0 Å². The van der Waals surface area contributed by atoms with E-state index < -0.39 is 10.0 Å². The highest BCUT2D eigenvalue weighted by atomic mass is 35.5. The summed E-state index contributed by atoms with van der Waals surface area (Å²) in [7, 11) is -1.30. The van der Waals surface area contributed by atoms with Crippen LogP contribution in [0, 0.1) is 0 Å². The van der Waals surface area contributed by atoms with E-state index in [2.05, 4.69) is 24.3 Å². The molecule has 0 atom stereocenters. The zero-order chi connectivity index (χ0) is 12.1. The summed E-state index contributed by atoms with van der Waals surface area (Å²) in [6.07, 6.45) is 0. The van der Waals surface area contributed by atoms with Gasteiger partial charge in [0, 0.05) is 0 Å². The molecule has 0 saturated heterocycles. The molecule has 3 heteroatoms. The molecule has 2 aromatic carbocycles. The van der Waals surface area contributed by atoms with E-state index in [0.29, 0.717) is 10.4 Å². The molecule has 90 valence electrons. The summed E-state index contributed by atoms with van der Waals surface area (Å²) in [5.41, 5.74) is 0. The average Bonchev–Trinajstić information content (AvgIpc) is 2.43. The molecule has 0 unspecified atom stereocenters. The molecule has 0 heterocycles. The summed E-state index contributed by atoms with van der Waals surface area (Å²) in [6, 6.07) is 20.7. The van der Waals surface area contributed by atoms with Gasteiger partial charge >= 0.3 is 0 Å². The van der Waals surface area contributed by atoms with E-state index in [1.54, 1.807) is 0 Å². The van der Waals surface area contributed by atoms with Crippen LogP contribution >= 0.6 is 33.2 Å². The van der Waals surface area contributed by atoms with Gasteiger partial charge in [-0.05, 0) is 34.1 Å². The van der Waals surface area contributed by atoms with Gasteiger partial charge in [0.25, 0.3) is 0 Å². The Hall–Kier alpha value is -0.630. The van der Waals surface area contributed by atoms with Crippen LogP contribution in [0.3, 0.4) is 0 Å². The third-order valence-electron chi connectivity index (χ3n) is 2.76. The standard InChI is InChI=1S/C14H14Cl2S/c15-11-17(12-16,13-7-3-1-4-8-13)14-9-5-2-6-10-14/h1-10H,11-12H2. The molecule has 0 aliphatic carbocycles. The van der Waals surface area contributed by atoms with Gasteiger partial charge in [0.15, 0.2) is 0 Å². The molecule has 2 aromatic rings. The Morgan fingerprint density at radius 2 is 1.00 bits per heavy atom. The van der Waals surface area contributed by atoms with Crippen LogP contribution in [0.4, 0.5) is 0 Å². The second-order valence-corrected chi connectivity index (χ2v) is 8.18. The van der Waals surface area contributed by atoms with E-state index in [1.165, 1.54) is 9.79 Å². The van der Waals surface area contributed by atoms with Gasteiger partial charge in [-0.1, -0.05) is 36.4 Å². The third-order valence-corrected chi connectivity index (χ3v) is 8.09. The van der Waals surface area contributed by atoms with Gasteiger partial charge in [0.1, 0.15) is 0 Å². The molecular formula is C14H14Cl2S. The molecule has 17 heavy (non-hydrogen) atoms. The van der Waals surface area contributed by atoms with E-state index >= 15 is 0 Å². The van der Waals surface area contributed by atoms with Crippen molar-refractivity contribution in [1.29, 1.82) is 0 Å². The lowest BCUT2D eigenvalue weighted by atomic mass is 10.4. The molecular weight excluding hydrogens is 271 g/mol. The molecule has 0 aliphatic heterocycles. The fourth-order valence-electron chi connectivity index (χ4n) is 1.78. The lowest BCUT2D eigenvalue weighted by Gasteiger charge is -2.36. The maximum absolute atomic E-state index is 6.25. The van der Waals surface area contributed by atoms with Gasteiger partial charge < -0.3 is 0 Å². The first-order valence-corrected chi connectivity index (χ1v) is 8.38. The smallest absolute Gasteiger partial charge is 0.0612 e. The molecule has 0 spiro atoms. The van der Waals surface area contributed by atoms with E-state index in [0.717, 1.165) is 0 Å². The number of rotatable bonds is 4. The van der Waals surface area contributed by atoms with Crippen molar-refractivity contribution in [1.82, 2.24) is 0 Å². The first kappa shape index (κ1) is 12.8. The van der Waals surface area contributed by atoms with Crippen LogP contribution in [-0.4, -0.2) is 10.4 Å². The fourth-order valence-corrected chi connectivity index (χ4v) is 6.18. The molecule has 0 aromatic heterocycles. The fraction of sp³-hybridized carbons (Fsp3) is 0.143. The predicted molar refractivity (Wildman–Crippen MR) is 78.4 cm³/mol. The summed E-state index contributed by atoms with van der Waals surface area (Å²) >= 11 is 12.5. The van der Waals surface area contributed by atoms with Crippen molar-refractivity contribution in [3.05, 3.63) is 60.7 Å². The summed E-state index contributed by atoms with van der Waals surface area (Å²) in [4.78, 5) is 2.49. The minimum absolute atomic E-state index is 0.560. The largest absolute Gasteiger partial charge is 0.160 e.